The number of carbonyl (C=O) groups excluding carboxylic acids is 1. The first-order chi connectivity index (χ1) is 9.63. The number of carbonyl (C=O) groups is 1. The summed E-state index contributed by atoms with van der Waals surface area (Å²) in [6, 6.07) is 3.30. The zero-order chi connectivity index (χ0) is 14.1. The number of ether oxygens (including phenoxy) is 2. The highest BCUT2D eigenvalue weighted by molar-refractivity contribution is 6.00. The van der Waals surface area contributed by atoms with E-state index in [1.165, 1.54) is 19.3 Å². The van der Waals surface area contributed by atoms with Crippen LogP contribution in [0.1, 0.15) is 36.5 Å². The average Bonchev–Trinajstić information content (AvgIpc) is 3.03. The van der Waals surface area contributed by atoms with Crippen molar-refractivity contribution in [1.29, 1.82) is 0 Å². The van der Waals surface area contributed by atoms with Crippen LogP contribution in [-0.4, -0.2) is 19.2 Å². The fourth-order valence-electron chi connectivity index (χ4n) is 3.00. The van der Waals surface area contributed by atoms with E-state index in [2.05, 4.69) is 12.2 Å². The van der Waals surface area contributed by atoms with E-state index >= 15 is 0 Å². The number of nitrogens with two attached hydrogens (primary N) is 1. The molecule has 1 fully saturated rings. The van der Waals surface area contributed by atoms with Crippen molar-refractivity contribution in [2.24, 2.45) is 11.8 Å². The predicted octanol–water partition coefficient (Wildman–Crippen LogP) is 2.16. The quantitative estimate of drug-likeness (QED) is 0.830. The van der Waals surface area contributed by atoms with Gasteiger partial charge in [-0.25, -0.2) is 0 Å². The molecule has 108 valence electrons. The lowest BCUT2D eigenvalue weighted by Gasteiger charge is -2.12. The van der Waals surface area contributed by atoms with E-state index in [1.54, 1.807) is 12.1 Å². The minimum atomic E-state index is -0.139. The maximum Gasteiger partial charge on any atom is 0.253 e. The number of nitrogens with one attached hydrogen (secondary N) is 1. The zero-order valence-corrected chi connectivity index (χ0v) is 11.6. The van der Waals surface area contributed by atoms with Gasteiger partial charge in [0.25, 0.3) is 5.91 Å². The van der Waals surface area contributed by atoms with Crippen LogP contribution in [0.3, 0.4) is 0 Å². The summed E-state index contributed by atoms with van der Waals surface area (Å²) in [5.41, 5.74) is 6.79. The van der Waals surface area contributed by atoms with Crippen LogP contribution in [0.15, 0.2) is 12.1 Å². The molecule has 3 rings (SSSR count). The summed E-state index contributed by atoms with van der Waals surface area (Å²) in [5, 5.41) is 2.98. The van der Waals surface area contributed by atoms with Crippen LogP contribution in [0.4, 0.5) is 5.69 Å². The lowest BCUT2D eigenvalue weighted by molar-refractivity contribution is 0.0947. The lowest BCUT2D eigenvalue weighted by Crippen LogP contribution is -2.29. The zero-order valence-electron chi connectivity index (χ0n) is 11.6. The molecule has 3 N–H and O–H groups in total. The van der Waals surface area contributed by atoms with Crippen molar-refractivity contribution in [1.82, 2.24) is 5.32 Å². The van der Waals surface area contributed by atoms with Crippen LogP contribution in [0.25, 0.3) is 0 Å². The van der Waals surface area contributed by atoms with Gasteiger partial charge in [0.15, 0.2) is 11.5 Å². The van der Waals surface area contributed by atoms with Crippen LogP contribution in [0.5, 0.6) is 11.5 Å². The molecule has 1 aliphatic heterocycles. The van der Waals surface area contributed by atoms with Crippen LogP contribution in [-0.2, 0) is 0 Å². The fourth-order valence-corrected chi connectivity index (χ4v) is 3.00. The Morgan fingerprint density at radius 3 is 2.80 bits per heavy atom. The van der Waals surface area contributed by atoms with Crippen molar-refractivity contribution in [3.63, 3.8) is 0 Å². The number of hydrogen-bond acceptors (Lipinski definition) is 4. The number of amides is 1. The molecule has 2 aliphatic rings. The number of fused-ring (bicyclic) bond motifs is 1. The van der Waals surface area contributed by atoms with Gasteiger partial charge in [0, 0.05) is 18.3 Å². The summed E-state index contributed by atoms with van der Waals surface area (Å²) < 4.78 is 10.5. The second-order valence-electron chi connectivity index (χ2n) is 5.79. The summed E-state index contributed by atoms with van der Waals surface area (Å²) in [5.74, 6) is 2.40. The molecule has 1 aromatic rings. The van der Waals surface area contributed by atoms with E-state index in [9.17, 15) is 4.79 Å². The van der Waals surface area contributed by atoms with Crippen molar-refractivity contribution in [2.45, 2.75) is 26.2 Å². The molecule has 1 aromatic carbocycles. The van der Waals surface area contributed by atoms with Crippen molar-refractivity contribution in [3.8, 4) is 11.5 Å². The van der Waals surface area contributed by atoms with Gasteiger partial charge in [-0.3, -0.25) is 4.79 Å². The molecular formula is C15H20N2O3. The first-order valence-electron chi connectivity index (χ1n) is 7.11. The summed E-state index contributed by atoms with van der Waals surface area (Å²) in [6.45, 7) is 3.16. The van der Waals surface area contributed by atoms with Gasteiger partial charge in [0.1, 0.15) is 0 Å². The second-order valence-corrected chi connectivity index (χ2v) is 5.79. The number of hydrogen-bond donors (Lipinski definition) is 2. The molecule has 1 saturated carbocycles. The van der Waals surface area contributed by atoms with Gasteiger partial charge in [-0.1, -0.05) is 13.3 Å². The Kier molecular flexibility index (Phi) is 3.42. The molecule has 0 spiro atoms. The van der Waals surface area contributed by atoms with Gasteiger partial charge in [-0.15, -0.1) is 0 Å². The van der Waals surface area contributed by atoms with E-state index in [0.717, 1.165) is 12.5 Å². The first-order valence-corrected chi connectivity index (χ1v) is 7.11. The van der Waals surface area contributed by atoms with Crippen molar-refractivity contribution in [3.05, 3.63) is 17.7 Å². The Bertz CT molecular complexity index is 530. The topological polar surface area (TPSA) is 73.6 Å². The number of nitrogen functional groups attached to an aromatic ring is 1. The fraction of sp³-hybridized carbons (Fsp3) is 0.533. The van der Waals surface area contributed by atoms with Crippen LogP contribution in [0.2, 0.25) is 0 Å². The minimum absolute atomic E-state index is 0.139. The van der Waals surface area contributed by atoms with Gasteiger partial charge in [0.05, 0.1) is 5.56 Å². The molecule has 0 radical (unpaired) electrons. The van der Waals surface area contributed by atoms with E-state index in [0.29, 0.717) is 28.7 Å². The van der Waals surface area contributed by atoms with E-state index in [-0.39, 0.29) is 12.7 Å². The Morgan fingerprint density at radius 1 is 1.35 bits per heavy atom. The van der Waals surface area contributed by atoms with Gasteiger partial charge in [0.2, 0.25) is 6.79 Å². The molecule has 1 aliphatic carbocycles. The highest BCUT2D eigenvalue weighted by Crippen LogP contribution is 2.36. The largest absolute Gasteiger partial charge is 0.454 e. The third-order valence-corrected chi connectivity index (χ3v) is 4.14. The number of rotatable bonds is 3. The molecule has 0 aromatic heterocycles. The number of anilines is 1. The molecule has 2 atom stereocenters. The Morgan fingerprint density at radius 2 is 2.10 bits per heavy atom. The van der Waals surface area contributed by atoms with E-state index in [4.69, 9.17) is 15.2 Å². The first kappa shape index (κ1) is 13.1. The standard InChI is InChI=1S/C15H20N2O3/c1-9-2-3-10(4-9)7-17-15(18)11-5-13-14(6-12(11)16)20-8-19-13/h5-6,9-10H,2-4,7-8,16H2,1H3,(H,17,18). The highest BCUT2D eigenvalue weighted by Gasteiger charge is 2.23. The molecule has 1 amide bonds. The molecule has 0 bridgehead atoms. The summed E-state index contributed by atoms with van der Waals surface area (Å²) in [6.07, 6.45) is 3.64. The number of benzene rings is 1. The van der Waals surface area contributed by atoms with Gasteiger partial charge in [-0.2, -0.15) is 0 Å². The van der Waals surface area contributed by atoms with E-state index < -0.39 is 0 Å². The van der Waals surface area contributed by atoms with Gasteiger partial charge < -0.3 is 20.5 Å². The van der Waals surface area contributed by atoms with Crippen LogP contribution < -0.4 is 20.5 Å². The second kappa shape index (κ2) is 5.23. The molecule has 1 heterocycles. The summed E-state index contributed by atoms with van der Waals surface area (Å²) >= 11 is 0. The molecule has 2 unspecified atom stereocenters. The maximum atomic E-state index is 12.2. The Labute approximate surface area is 118 Å². The van der Waals surface area contributed by atoms with Gasteiger partial charge in [-0.05, 0) is 30.7 Å². The Balaban J connectivity index is 1.65. The van der Waals surface area contributed by atoms with Gasteiger partial charge >= 0.3 is 0 Å². The molecule has 0 saturated heterocycles. The monoisotopic (exact) mass is 276 g/mol. The lowest BCUT2D eigenvalue weighted by atomic mass is 10.1. The minimum Gasteiger partial charge on any atom is -0.454 e. The highest BCUT2D eigenvalue weighted by atomic mass is 16.7. The van der Waals surface area contributed by atoms with Crippen molar-refractivity contribution >= 4 is 11.6 Å². The summed E-state index contributed by atoms with van der Waals surface area (Å²) in [7, 11) is 0. The maximum absolute atomic E-state index is 12.2. The normalized spacial score (nSPS) is 23.9. The van der Waals surface area contributed by atoms with Crippen molar-refractivity contribution < 1.29 is 14.3 Å². The van der Waals surface area contributed by atoms with Crippen LogP contribution >= 0.6 is 0 Å². The molecule has 5 nitrogen and oxygen atoms in total. The van der Waals surface area contributed by atoms with Crippen molar-refractivity contribution in [2.75, 3.05) is 19.1 Å². The average molecular weight is 276 g/mol. The predicted molar refractivity (Wildman–Crippen MR) is 75.8 cm³/mol. The third kappa shape index (κ3) is 2.53. The SMILES string of the molecule is CC1CCC(CNC(=O)c2cc3c(cc2N)OCO3)C1. The summed E-state index contributed by atoms with van der Waals surface area (Å²) in [4.78, 5) is 12.2. The van der Waals surface area contributed by atoms with E-state index in [1.807, 2.05) is 0 Å². The smallest absolute Gasteiger partial charge is 0.253 e. The molecular weight excluding hydrogens is 256 g/mol. The molecule has 5 heteroatoms. The van der Waals surface area contributed by atoms with Crippen LogP contribution in [0, 0.1) is 11.8 Å². The third-order valence-electron chi connectivity index (χ3n) is 4.14. The Hall–Kier alpha value is -1.91. The molecule has 20 heavy (non-hydrogen) atoms.